The molecular weight excluding hydrogens is 444 g/mol. The molecule has 1 aliphatic heterocycles. The Hall–Kier alpha value is -3.33. The van der Waals surface area contributed by atoms with Gasteiger partial charge in [-0.1, -0.05) is 11.6 Å². The zero-order valence-corrected chi connectivity index (χ0v) is 19.9. The third-order valence-corrected chi connectivity index (χ3v) is 5.31. The first kappa shape index (κ1) is 22.8. The summed E-state index contributed by atoms with van der Waals surface area (Å²) in [5.41, 5.74) is 9.26. The van der Waals surface area contributed by atoms with E-state index in [0.29, 0.717) is 48.4 Å². The standard InChI is InChI=1S/C23H27ClN6O3/c1-14-10-15(24)11-18(32-9-8-30-7-5-6-26-30)19(14)20-16-12-29(22(31)33-23(2,3)4)13-17(16)27-21(25)28-20/h5-7,10-11H,8-9,12-13H2,1-4H3,(H2,25,27,28). The summed E-state index contributed by atoms with van der Waals surface area (Å²) in [6.07, 6.45) is 3.18. The third-order valence-electron chi connectivity index (χ3n) is 5.09. The number of rotatable bonds is 5. The van der Waals surface area contributed by atoms with Crippen molar-refractivity contribution in [2.75, 3.05) is 12.3 Å². The number of amides is 1. The summed E-state index contributed by atoms with van der Waals surface area (Å²) < 4.78 is 13.4. The fraction of sp³-hybridized carbons (Fsp3) is 0.391. The quantitative estimate of drug-likeness (QED) is 0.594. The molecule has 1 aliphatic rings. The maximum absolute atomic E-state index is 12.7. The Morgan fingerprint density at radius 1 is 1.24 bits per heavy atom. The third kappa shape index (κ3) is 5.19. The number of halogens is 1. The number of ether oxygens (including phenoxy) is 2. The summed E-state index contributed by atoms with van der Waals surface area (Å²) in [6, 6.07) is 5.47. The number of anilines is 1. The van der Waals surface area contributed by atoms with E-state index in [2.05, 4.69) is 15.1 Å². The summed E-state index contributed by atoms with van der Waals surface area (Å²) in [7, 11) is 0. The van der Waals surface area contributed by atoms with Crippen molar-refractivity contribution in [2.24, 2.45) is 0 Å². The number of nitrogens with two attached hydrogens (primary N) is 1. The largest absolute Gasteiger partial charge is 0.491 e. The first-order valence-electron chi connectivity index (χ1n) is 10.6. The van der Waals surface area contributed by atoms with E-state index in [1.54, 1.807) is 21.8 Å². The number of aryl methyl sites for hydroxylation is 1. The Labute approximate surface area is 197 Å². The minimum atomic E-state index is -0.595. The molecule has 1 amide bonds. The molecule has 1 aromatic carbocycles. The van der Waals surface area contributed by atoms with Gasteiger partial charge in [-0.05, 0) is 51.5 Å². The Balaban J connectivity index is 1.67. The van der Waals surface area contributed by atoms with Crippen LogP contribution in [0.1, 0.15) is 37.6 Å². The Morgan fingerprint density at radius 3 is 2.73 bits per heavy atom. The summed E-state index contributed by atoms with van der Waals surface area (Å²) in [6.45, 7) is 9.02. The molecule has 0 atom stereocenters. The van der Waals surface area contributed by atoms with Gasteiger partial charge in [0.05, 0.1) is 31.0 Å². The average Bonchev–Trinajstić information content (AvgIpc) is 3.35. The van der Waals surface area contributed by atoms with Crippen LogP contribution in [0.3, 0.4) is 0 Å². The van der Waals surface area contributed by atoms with Crippen molar-refractivity contribution in [3.8, 4) is 17.0 Å². The molecule has 3 aromatic rings. The molecule has 2 N–H and O–H groups in total. The number of aromatic nitrogens is 4. The van der Waals surface area contributed by atoms with Crippen molar-refractivity contribution in [2.45, 2.75) is 52.9 Å². The molecule has 0 radical (unpaired) electrons. The minimum absolute atomic E-state index is 0.131. The van der Waals surface area contributed by atoms with Gasteiger partial charge < -0.3 is 15.2 Å². The van der Waals surface area contributed by atoms with E-state index >= 15 is 0 Å². The Morgan fingerprint density at radius 2 is 2.03 bits per heavy atom. The molecule has 4 rings (SSSR count). The topological polar surface area (TPSA) is 108 Å². The van der Waals surface area contributed by atoms with Crippen LogP contribution in [0.15, 0.2) is 30.6 Å². The van der Waals surface area contributed by atoms with Crippen molar-refractivity contribution in [1.82, 2.24) is 24.6 Å². The molecule has 0 aliphatic carbocycles. The van der Waals surface area contributed by atoms with Crippen LogP contribution >= 0.6 is 11.6 Å². The molecule has 10 heteroatoms. The zero-order valence-electron chi connectivity index (χ0n) is 19.1. The predicted molar refractivity (Wildman–Crippen MR) is 125 cm³/mol. The van der Waals surface area contributed by atoms with Gasteiger partial charge in [0.25, 0.3) is 0 Å². The van der Waals surface area contributed by atoms with Crippen LogP contribution in [0, 0.1) is 6.92 Å². The fourth-order valence-electron chi connectivity index (χ4n) is 3.75. The summed E-state index contributed by atoms with van der Waals surface area (Å²) >= 11 is 6.34. The molecule has 174 valence electrons. The van der Waals surface area contributed by atoms with Gasteiger partial charge >= 0.3 is 6.09 Å². The van der Waals surface area contributed by atoms with Crippen LogP contribution < -0.4 is 10.5 Å². The van der Waals surface area contributed by atoms with Gasteiger partial charge in [-0.3, -0.25) is 9.58 Å². The second-order valence-corrected chi connectivity index (χ2v) is 9.34. The van der Waals surface area contributed by atoms with Gasteiger partial charge in [0, 0.05) is 28.5 Å². The van der Waals surface area contributed by atoms with Gasteiger partial charge in [0.1, 0.15) is 18.0 Å². The van der Waals surface area contributed by atoms with E-state index in [0.717, 1.165) is 16.7 Å². The van der Waals surface area contributed by atoms with Gasteiger partial charge in [-0.15, -0.1) is 0 Å². The van der Waals surface area contributed by atoms with E-state index < -0.39 is 11.7 Å². The van der Waals surface area contributed by atoms with E-state index in [1.165, 1.54) is 0 Å². The molecule has 0 bridgehead atoms. The highest BCUT2D eigenvalue weighted by Crippen LogP contribution is 2.40. The molecule has 3 heterocycles. The maximum atomic E-state index is 12.7. The van der Waals surface area contributed by atoms with Crippen LogP contribution in [-0.2, 0) is 24.4 Å². The number of benzene rings is 1. The van der Waals surface area contributed by atoms with Gasteiger partial charge in [0.2, 0.25) is 5.95 Å². The van der Waals surface area contributed by atoms with Crippen LogP contribution in [0.5, 0.6) is 5.75 Å². The SMILES string of the molecule is Cc1cc(Cl)cc(OCCn2cccn2)c1-c1nc(N)nc2c1CN(C(=O)OC(C)(C)C)C2. The number of carbonyl (C=O) groups is 1. The van der Waals surface area contributed by atoms with Crippen LogP contribution in [0.25, 0.3) is 11.3 Å². The molecular formula is C23H27ClN6O3. The summed E-state index contributed by atoms with van der Waals surface area (Å²) in [5, 5.41) is 4.75. The van der Waals surface area contributed by atoms with E-state index in [4.69, 9.17) is 26.8 Å². The lowest BCUT2D eigenvalue weighted by Gasteiger charge is -2.24. The second kappa shape index (κ2) is 8.90. The second-order valence-electron chi connectivity index (χ2n) is 8.91. The van der Waals surface area contributed by atoms with E-state index in [9.17, 15) is 4.79 Å². The van der Waals surface area contributed by atoms with Crippen molar-refractivity contribution in [1.29, 1.82) is 0 Å². The molecule has 0 unspecified atom stereocenters. The fourth-order valence-corrected chi connectivity index (χ4v) is 4.01. The van der Waals surface area contributed by atoms with Crippen LogP contribution in [0.2, 0.25) is 5.02 Å². The van der Waals surface area contributed by atoms with Gasteiger partial charge in [0.15, 0.2) is 0 Å². The van der Waals surface area contributed by atoms with E-state index in [-0.39, 0.29) is 5.95 Å². The molecule has 0 spiro atoms. The van der Waals surface area contributed by atoms with Gasteiger partial charge in [-0.25, -0.2) is 14.8 Å². The summed E-state index contributed by atoms with van der Waals surface area (Å²) in [4.78, 5) is 23.2. The molecule has 0 saturated heterocycles. The smallest absolute Gasteiger partial charge is 0.410 e. The molecule has 33 heavy (non-hydrogen) atoms. The van der Waals surface area contributed by atoms with Crippen molar-refractivity contribution < 1.29 is 14.3 Å². The average molecular weight is 471 g/mol. The lowest BCUT2D eigenvalue weighted by atomic mass is 10.00. The van der Waals surface area contributed by atoms with Crippen molar-refractivity contribution in [3.63, 3.8) is 0 Å². The number of hydrogen-bond donors (Lipinski definition) is 1. The number of hydrogen-bond acceptors (Lipinski definition) is 7. The predicted octanol–water partition coefficient (Wildman–Crippen LogP) is 4.21. The molecule has 0 saturated carbocycles. The number of carbonyl (C=O) groups excluding carboxylic acids is 1. The zero-order chi connectivity index (χ0) is 23.8. The Bertz CT molecular complexity index is 1170. The lowest BCUT2D eigenvalue weighted by molar-refractivity contribution is 0.0241. The molecule has 2 aromatic heterocycles. The van der Waals surface area contributed by atoms with Crippen LogP contribution in [-0.4, -0.2) is 42.9 Å². The monoisotopic (exact) mass is 470 g/mol. The highest BCUT2D eigenvalue weighted by Gasteiger charge is 2.32. The van der Waals surface area contributed by atoms with Crippen molar-refractivity contribution in [3.05, 3.63) is 52.4 Å². The number of fused-ring (bicyclic) bond motifs is 1. The number of nitrogen functional groups attached to an aromatic ring is 1. The maximum Gasteiger partial charge on any atom is 0.410 e. The highest BCUT2D eigenvalue weighted by molar-refractivity contribution is 6.31. The van der Waals surface area contributed by atoms with Crippen molar-refractivity contribution >= 4 is 23.6 Å². The lowest BCUT2D eigenvalue weighted by Crippen LogP contribution is -2.33. The minimum Gasteiger partial charge on any atom is -0.491 e. The molecule has 9 nitrogen and oxygen atoms in total. The number of nitrogens with zero attached hydrogens (tertiary/aromatic N) is 5. The van der Waals surface area contributed by atoms with E-state index in [1.807, 2.05) is 46.0 Å². The Kier molecular flexibility index (Phi) is 6.16. The van der Waals surface area contributed by atoms with Gasteiger partial charge in [-0.2, -0.15) is 5.10 Å². The first-order chi connectivity index (χ1) is 15.6. The first-order valence-corrected chi connectivity index (χ1v) is 11.0. The normalized spacial score (nSPS) is 13.2. The molecule has 0 fully saturated rings. The summed E-state index contributed by atoms with van der Waals surface area (Å²) in [5.74, 6) is 0.717. The highest BCUT2D eigenvalue weighted by atomic mass is 35.5. The van der Waals surface area contributed by atoms with Crippen LogP contribution in [0.4, 0.5) is 10.7 Å².